The summed E-state index contributed by atoms with van der Waals surface area (Å²) in [6.45, 7) is 0. The summed E-state index contributed by atoms with van der Waals surface area (Å²) in [6.07, 6.45) is 28.6. The van der Waals surface area contributed by atoms with E-state index in [1.807, 2.05) is 0 Å². The van der Waals surface area contributed by atoms with Crippen molar-refractivity contribution in [2.75, 3.05) is 11.5 Å². The highest BCUT2D eigenvalue weighted by atomic mass is 32.1. The molecule has 0 bridgehead atoms. The van der Waals surface area contributed by atoms with Crippen LogP contribution in [0.25, 0.3) is 0 Å². The first-order valence-corrected chi connectivity index (χ1v) is 15.1. The summed E-state index contributed by atoms with van der Waals surface area (Å²) in [7, 11) is 0. The Morgan fingerprint density at radius 1 is 0.310 bits per heavy atom. The summed E-state index contributed by atoms with van der Waals surface area (Å²) in [6, 6.07) is 0. The van der Waals surface area contributed by atoms with Crippen LogP contribution in [0.4, 0.5) is 0 Å². The lowest BCUT2D eigenvalue weighted by Gasteiger charge is -2.11. The topological polar surface area (TPSA) is 0 Å². The van der Waals surface area contributed by atoms with Gasteiger partial charge in [0.2, 0.25) is 0 Å². The molecule has 0 aliphatic carbocycles. The van der Waals surface area contributed by atoms with E-state index in [9.17, 15) is 0 Å². The summed E-state index contributed by atoms with van der Waals surface area (Å²) in [5, 5.41) is 1.27. The molecule has 2 atom stereocenters. The van der Waals surface area contributed by atoms with Crippen molar-refractivity contribution >= 4 is 50.5 Å². The molecular weight excluding hydrogens is 429 g/mol. The largest absolute Gasteiger partial charge is 0.179 e. The van der Waals surface area contributed by atoms with Gasteiger partial charge in [-0.25, -0.2) is 0 Å². The Labute approximate surface area is 206 Å². The summed E-state index contributed by atoms with van der Waals surface area (Å²) < 4.78 is 0. The van der Waals surface area contributed by atoms with Crippen LogP contribution in [0.1, 0.15) is 135 Å². The zero-order chi connectivity index (χ0) is 21.4. The van der Waals surface area contributed by atoms with Crippen LogP contribution in [0.15, 0.2) is 0 Å². The molecule has 0 aromatic rings. The third-order valence-electron chi connectivity index (χ3n) is 5.97. The molecule has 0 saturated carbocycles. The predicted molar refractivity (Wildman–Crippen MR) is 150 cm³/mol. The minimum absolute atomic E-state index is 0.634. The molecule has 0 rings (SSSR count). The zero-order valence-electron chi connectivity index (χ0n) is 19.2. The van der Waals surface area contributed by atoms with Gasteiger partial charge >= 0.3 is 0 Å². The normalized spacial score (nSPS) is 13.7. The van der Waals surface area contributed by atoms with E-state index in [1.54, 1.807) is 0 Å². The van der Waals surface area contributed by atoms with Gasteiger partial charge in [-0.15, -0.1) is 0 Å². The Morgan fingerprint density at radius 2 is 0.517 bits per heavy atom. The average molecular weight is 481 g/mol. The fourth-order valence-electron chi connectivity index (χ4n) is 3.98. The van der Waals surface area contributed by atoms with Crippen LogP contribution in [0, 0.1) is 0 Å². The molecule has 0 aromatic carbocycles. The predicted octanol–water partition coefficient (Wildman–Crippen LogP) is 9.63. The van der Waals surface area contributed by atoms with Crippen molar-refractivity contribution in [3.8, 4) is 0 Å². The van der Waals surface area contributed by atoms with Crippen molar-refractivity contribution in [1.82, 2.24) is 0 Å². The van der Waals surface area contributed by atoms with E-state index in [0.717, 1.165) is 11.5 Å². The average Bonchev–Trinajstić information content (AvgIpc) is 2.71. The molecule has 176 valence electrons. The van der Waals surface area contributed by atoms with E-state index in [2.05, 4.69) is 25.3 Å². The number of rotatable bonds is 24. The molecule has 0 amide bonds. The highest BCUT2D eigenvalue weighted by molar-refractivity contribution is 7.81. The number of thiol groups is 4. The second-order valence-electron chi connectivity index (χ2n) is 8.92. The first-order valence-electron chi connectivity index (χ1n) is 12.8. The van der Waals surface area contributed by atoms with E-state index in [4.69, 9.17) is 25.3 Å². The minimum atomic E-state index is 0.634. The number of hydrogen-bond acceptors (Lipinski definition) is 4. The fraction of sp³-hybridized carbons (Fsp3) is 1.00. The van der Waals surface area contributed by atoms with Crippen molar-refractivity contribution in [2.45, 2.75) is 145 Å². The molecular formula is C25H52S4. The van der Waals surface area contributed by atoms with Gasteiger partial charge in [-0.3, -0.25) is 0 Å². The smallest absolute Gasteiger partial charge is 0.00168 e. The molecule has 2 unspecified atom stereocenters. The maximum Gasteiger partial charge on any atom is 0.00168 e. The first kappa shape index (κ1) is 30.4. The molecule has 0 aromatic heterocycles. The van der Waals surface area contributed by atoms with E-state index in [-0.39, 0.29) is 0 Å². The summed E-state index contributed by atoms with van der Waals surface area (Å²) >= 11 is 18.1. The number of unbranched alkanes of at least 4 members (excludes halogenated alkanes) is 14. The Morgan fingerprint density at radius 3 is 0.759 bits per heavy atom. The second-order valence-corrected chi connectivity index (χ2v) is 11.3. The van der Waals surface area contributed by atoms with E-state index < -0.39 is 0 Å². The van der Waals surface area contributed by atoms with Crippen LogP contribution in [-0.4, -0.2) is 22.0 Å². The third-order valence-corrected chi connectivity index (χ3v) is 7.63. The van der Waals surface area contributed by atoms with Gasteiger partial charge in [-0.05, 0) is 50.0 Å². The zero-order valence-corrected chi connectivity index (χ0v) is 22.8. The highest BCUT2D eigenvalue weighted by Gasteiger charge is 2.04. The quantitative estimate of drug-likeness (QED) is 0.0766. The third kappa shape index (κ3) is 25.5. The van der Waals surface area contributed by atoms with E-state index in [0.29, 0.717) is 10.5 Å². The van der Waals surface area contributed by atoms with Crippen molar-refractivity contribution in [1.29, 1.82) is 0 Å². The van der Waals surface area contributed by atoms with Gasteiger partial charge in [-0.1, -0.05) is 96.3 Å². The van der Waals surface area contributed by atoms with E-state index in [1.165, 1.54) is 135 Å². The fourth-order valence-corrected chi connectivity index (χ4v) is 5.15. The molecule has 0 radical (unpaired) electrons. The molecule has 0 aliphatic heterocycles. The summed E-state index contributed by atoms with van der Waals surface area (Å²) in [5.41, 5.74) is 0. The molecule has 0 nitrogen and oxygen atoms in total. The Balaban J connectivity index is 3.22. The first-order chi connectivity index (χ1) is 14.2. The standard InChI is InChI=1S/C25H52S4/c26-22-16-10-4-8-14-20-24(28)18-12-6-2-1-3-7-13-19-25(29)21-15-9-5-11-17-23-27/h24-29H,1-23H2. The Hall–Kier alpha value is 1.40. The van der Waals surface area contributed by atoms with Crippen LogP contribution in [0.2, 0.25) is 0 Å². The van der Waals surface area contributed by atoms with Crippen LogP contribution in [0.3, 0.4) is 0 Å². The molecule has 0 heterocycles. The van der Waals surface area contributed by atoms with Crippen molar-refractivity contribution < 1.29 is 0 Å². The van der Waals surface area contributed by atoms with Gasteiger partial charge in [0.15, 0.2) is 0 Å². The van der Waals surface area contributed by atoms with Gasteiger partial charge in [0, 0.05) is 10.5 Å². The SMILES string of the molecule is SCCCCCCCC(S)CCCCCCCCCC(S)CCCCCCCS. The van der Waals surface area contributed by atoms with Crippen molar-refractivity contribution in [3.63, 3.8) is 0 Å². The maximum absolute atomic E-state index is 4.79. The van der Waals surface area contributed by atoms with Gasteiger partial charge in [0.1, 0.15) is 0 Å². The molecule has 29 heavy (non-hydrogen) atoms. The van der Waals surface area contributed by atoms with Gasteiger partial charge in [0.05, 0.1) is 0 Å². The van der Waals surface area contributed by atoms with Crippen LogP contribution in [0.5, 0.6) is 0 Å². The van der Waals surface area contributed by atoms with E-state index >= 15 is 0 Å². The maximum atomic E-state index is 4.79. The van der Waals surface area contributed by atoms with Crippen molar-refractivity contribution in [2.24, 2.45) is 0 Å². The highest BCUT2D eigenvalue weighted by Crippen LogP contribution is 2.19. The van der Waals surface area contributed by atoms with Crippen LogP contribution in [-0.2, 0) is 0 Å². The second kappa shape index (κ2) is 25.7. The van der Waals surface area contributed by atoms with Gasteiger partial charge < -0.3 is 0 Å². The monoisotopic (exact) mass is 480 g/mol. The summed E-state index contributed by atoms with van der Waals surface area (Å²) in [4.78, 5) is 0. The van der Waals surface area contributed by atoms with Gasteiger partial charge in [-0.2, -0.15) is 50.5 Å². The lowest BCUT2D eigenvalue weighted by molar-refractivity contribution is 0.527. The molecule has 0 aliphatic rings. The lowest BCUT2D eigenvalue weighted by atomic mass is 10.0. The molecule has 0 N–H and O–H groups in total. The molecule has 0 spiro atoms. The number of hydrogen-bond donors (Lipinski definition) is 4. The molecule has 0 saturated heterocycles. The molecule has 0 fully saturated rings. The minimum Gasteiger partial charge on any atom is -0.179 e. The van der Waals surface area contributed by atoms with Crippen molar-refractivity contribution in [3.05, 3.63) is 0 Å². The van der Waals surface area contributed by atoms with Gasteiger partial charge in [0.25, 0.3) is 0 Å². The lowest BCUT2D eigenvalue weighted by Crippen LogP contribution is -1.99. The van der Waals surface area contributed by atoms with Crippen LogP contribution < -0.4 is 0 Å². The Kier molecular flexibility index (Phi) is 26.9. The van der Waals surface area contributed by atoms with Crippen LogP contribution >= 0.6 is 50.5 Å². The molecule has 4 heteroatoms. The Bertz CT molecular complexity index is 271. The summed E-state index contributed by atoms with van der Waals surface area (Å²) in [5.74, 6) is 2.09.